The SMILES string of the molecule is [B]C1(S(C)(=O)=O)CC(CC)C1CC. The van der Waals surface area contributed by atoms with Crippen molar-refractivity contribution in [2.24, 2.45) is 11.8 Å². The van der Waals surface area contributed by atoms with Gasteiger partial charge in [-0.2, -0.15) is 0 Å². The van der Waals surface area contributed by atoms with E-state index in [-0.39, 0.29) is 5.92 Å². The molecule has 2 radical (unpaired) electrons. The Labute approximate surface area is 82.4 Å². The molecule has 4 heteroatoms. The van der Waals surface area contributed by atoms with E-state index >= 15 is 0 Å². The van der Waals surface area contributed by atoms with Crippen LogP contribution in [0.4, 0.5) is 0 Å². The normalized spacial score (nSPS) is 39.9. The van der Waals surface area contributed by atoms with Gasteiger partial charge in [-0.3, -0.25) is 0 Å². The lowest BCUT2D eigenvalue weighted by atomic mass is 9.53. The molecule has 0 saturated heterocycles. The second kappa shape index (κ2) is 3.30. The van der Waals surface area contributed by atoms with E-state index in [0.29, 0.717) is 12.3 Å². The third kappa shape index (κ3) is 1.54. The molecule has 0 bridgehead atoms. The van der Waals surface area contributed by atoms with E-state index < -0.39 is 14.5 Å². The van der Waals surface area contributed by atoms with Crippen molar-refractivity contribution in [1.29, 1.82) is 0 Å². The van der Waals surface area contributed by atoms with Gasteiger partial charge >= 0.3 is 0 Å². The molecule has 0 N–H and O–H groups in total. The van der Waals surface area contributed by atoms with Crippen molar-refractivity contribution in [3.05, 3.63) is 0 Å². The topological polar surface area (TPSA) is 34.1 Å². The molecule has 0 aromatic carbocycles. The van der Waals surface area contributed by atoms with Gasteiger partial charge in [0.25, 0.3) is 0 Å². The van der Waals surface area contributed by atoms with Crippen LogP contribution in [0, 0.1) is 11.8 Å². The second-order valence-electron chi connectivity index (χ2n) is 4.11. The zero-order chi connectivity index (χ0) is 10.3. The zero-order valence-electron chi connectivity index (χ0n) is 8.58. The Morgan fingerprint density at radius 1 is 1.38 bits per heavy atom. The smallest absolute Gasteiger partial charge is 0.145 e. The Morgan fingerprint density at radius 3 is 2.23 bits per heavy atom. The van der Waals surface area contributed by atoms with Crippen LogP contribution in [0.3, 0.4) is 0 Å². The molecule has 0 aromatic rings. The first-order valence-electron chi connectivity index (χ1n) is 4.85. The average Bonchev–Trinajstić information content (AvgIpc) is 1.98. The van der Waals surface area contributed by atoms with Gasteiger partial charge in [0.2, 0.25) is 0 Å². The lowest BCUT2D eigenvalue weighted by Gasteiger charge is -2.52. The van der Waals surface area contributed by atoms with Crippen molar-refractivity contribution in [3.8, 4) is 0 Å². The Hall–Kier alpha value is 0.0149. The largest absolute Gasteiger partial charge is 0.229 e. The van der Waals surface area contributed by atoms with Crippen LogP contribution < -0.4 is 0 Å². The molecule has 0 spiro atoms. The molecular formula is C9H17BO2S. The predicted octanol–water partition coefficient (Wildman–Crippen LogP) is 1.35. The van der Waals surface area contributed by atoms with E-state index in [2.05, 4.69) is 6.92 Å². The molecule has 74 valence electrons. The Bertz CT molecular complexity index is 286. The van der Waals surface area contributed by atoms with Crippen molar-refractivity contribution in [2.45, 2.75) is 37.8 Å². The van der Waals surface area contributed by atoms with E-state index in [1.807, 2.05) is 6.92 Å². The zero-order valence-corrected chi connectivity index (χ0v) is 9.39. The van der Waals surface area contributed by atoms with Crippen molar-refractivity contribution < 1.29 is 8.42 Å². The molecule has 0 aliphatic heterocycles. The van der Waals surface area contributed by atoms with Gasteiger partial charge < -0.3 is 0 Å². The molecule has 0 amide bonds. The van der Waals surface area contributed by atoms with E-state index in [4.69, 9.17) is 7.85 Å². The minimum atomic E-state index is -3.09. The second-order valence-corrected chi connectivity index (χ2v) is 6.42. The van der Waals surface area contributed by atoms with E-state index in [0.717, 1.165) is 12.8 Å². The fourth-order valence-electron chi connectivity index (χ4n) is 2.48. The Kier molecular flexibility index (Phi) is 2.82. The highest BCUT2D eigenvalue weighted by atomic mass is 32.2. The van der Waals surface area contributed by atoms with Gasteiger partial charge in [-0.25, -0.2) is 8.42 Å². The summed E-state index contributed by atoms with van der Waals surface area (Å²) in [5.41, 5.74) is 0. The third-order valence-corrected chi connectivity index (χ3v) is 5.28. The molecule has 1 aliphatic rings. The van der Waals surface area contributed by atoms with Crippen LogP contribution in [0.25, 0.3) is 0 Å². The molecule has 0 heterocycles. The summed E-state index contributed by atoms with van der Waals surface area (Å²) in [6.45, 7) is 4.11. The number of hydrogen-bond acceptors (Lipinski definition) is 2. The summed E-state index contributed by atoms with van der Waals surface area (Å²) in [5, 5.41) is 0. The number of rotatable bonds is 3. The van der Waals surface area contributed by atoms with Gasteiger partial charge in [-0.1, -0.05) is 26.7 Å². The molecule has 1 rings (SSSR count). The molecule has 2 nitrogen and oxygen atoms in total. The molecular weight excluding hydrogens is 183 g/mol. The van der Waals surface area contributed by atoms with Gasteiger partial charge in [0, 0.05) is 10.9 Å². The fraction of sp³-hybridized carbons (Fsp3) is 1.00. The maximum atomic E-state index is 11.4. The van der Waals surface area contributed by atoms with Crippen LogP contribution in [0.2, 0.25) is 0 Å². The average molecular weight is 200 g/mol. The molecule has 1 fully saturated rings. The van der Waals surface area contributed by atoms with Gasteiger partial charge in [0.05, 0.1) is 7.85 Å². The van der Waals surface area contributed by atoms with Crippen LogP contribution in [-0.4, -0.2) is 27.2 Å². The van der Waals surface area contributed by atoms with Gasteiger partial charge in [-0.15, -0.1) is 0 Å². The van der Waals surface area contributed by atoms with Crippen molar-refractivity contribution in [2.75, 3.05) is 6.26 Å². The summed E-state index contributed by atoms with van der Waals surface area (Å²) in [6, 6.07) is 0. The Morgan fingerprint density at radius 2 is 1.92 bits per heavy atom. The summed E-state index contributed by atoms with van der Waals surface area (Å²) in [6.07, 6.45) is 3.79. The molecule has 13 heavy (non-hydrogen) atoms. The minimum absolute atomic E-state index is 0.160. The molecule has 1 saturated carbocycles. The van der Waals surface area contributed by atoms with Gasteiger partial charge in [0.1, 0.15) is 9.84 Å². The predicted molar refractivity (Wildman–Crippen MR) is 55.5 cm³/mol. The highest BCUT2D eigenvalue weighted by molar-refractivity contribution is 7.93. The maximum absolute atomic E-state index is 11.4. The standard InChI is InChI=1S/C9H17BO2S/c1-4-7-6-9(10,8(7)5-2)13(3,11)12/h7-8H,4-6H2,1-3H3. The molecule has 0 aromatic heterocycles. The van der Waals surface area contributed by atoms with Gasteiger partial charge in [0.15, 0.2) is 0 Å². The highest BCUT2D eigenvalue weighted by Crippen LogP contribution is 2.50. The summed E-state index contributed by atoms with van der Waals surface area (Å²) in [5.74, 6) is 0.664. The van der Waals surface area contributed by atoms with Crippen molar-refractivity contribution >= 4 is 17.7 Å². The fourth-order valence-corrected chi connectivity index (χ4v) is 3.90. The lowest BCUT2D eigenvalue weighted by molar-refractivity contribution is 0.143. The van der Waals surface area contributed by atoms with Crippen LogP contribution >= 0.6 is 0 Å². The molecule has 3 unspecified atom stereocenters. The monoisotopic (exact) mass is 200 g/mol. The first-order valence-corrected chi connectivity index (χ1v) is 6.74. The summed E-state index contributed by atoms with van der Waals surface area (Å²) >= 11 is 0. The molecule has 3 atom stereocenters. The Balaban J connectivity index is 2.87. The van der Waals surface area contributed by atoms with Crippen LogP contribution in [0.1, 0.15) is 33.1 Å². The van der Waals surface area contributed by atoms with Crippen molar-refractivity contribution in [3.63, 3.8) is 0 Å². The minimum Gasteiger partial charge on any atom is -0.229 e. The lowest BCUT2D eigenvalue weighted by Crippen LogP contribution is -2.58. The third-order valence-electron chi connectivity index (χ3n) is 3.43. The number of sulfone groups is 1. The van der Waals surface area contributed by atoms with Crippen LogP contribution in [0.5, 0.6) is 0 Å². The van der Waals surface area contributed by atoms with Crippen molar-refractivity contribution in [1.82, 2.24) is 0 Å². The van der Waals surface area contributed by atoms with E-state index in [1.165, 1.54) is 6.26 Å². The number of hydrogen-bond donors (Lipinski definition) is 0. The van der Waals surface area contributed by atoms with Crippen LogP contribution in [0.15, 0.2) is 0 Å². The highest BCUT2D eigenvalue weighted by Gasteiger charge is 2.54. The van der Waals surface area contributed by atoms with E-state index in [1.54, 1.807) is 0 Å². The maximum Gasteiger partial charge on any atom is 0.145 e. The molecule has 1 aliphatic carbocycles. The summed E-state index contributed by atoms with van der Waals surface area (Å²) in [7, 11) is 2.82. The van der Waals surface area contributed by atoms with Crippen LogP contribution in [-0.2, 0) is 9.84 Å². The quantitative estimate of drug-likeness (QED) is 0.644. The summed E-state index contributed by atoms with van der Waals surface area (Å²) < 4.78 is 22.0. The first kappa shape index (κ1) is 11.1. The van der Waals surface area contributed by atoms with Gasteiger partial charge in [-0.05, 0) is 18.3 Å². The summed E-state index contributed by atoms with van der Waals surface area (Å²) in [4.78, 5) is 0. The first-order chi connectivity index (χ1) is 5.86. The van der Waals surface area contributed by atoms with E-state index in [9.17, 15) is 8.42 Å².